The van der Waals surface area contributed by atoms with Crippen molar-refractivity contribution in [1.82, 2.24) is 15.6 Å². The van der Waals surface area contributed by atoms with Gasteiger partial charge < -0.3 is 10.1 Å². The normalized spacial score (nSPS) is 10.0. The molecule has 0 saturated carbocycles. The van der Waals surface area contributed by atoms with Crippen molar-refractivity contribution in [3.63, 3.8) is 0 Å². The first-order valence-electron chi connectivity index (χ1n) is 6.88. The summed E-state index contributed by atoms with van der Waals surface area (Å²) in [6.45, 7) is 4.81. The Morgan fingerprint density at radius 3 is 2.88 bits per heavy atom. The summed E-state index contributed by atoms with van der Waals surface area (Å²) in [5.41, 5.74) is 0.539. The van der Waals surface area contributed by atoms with Crippen LogP contribution < -0.4 is 10.6 Å². The topological polar surface area (TPSA) is 97.4 Å². The van der Waals surface area contributed by atoms with Crippen LogP contribution in [0.1, 0.15) is 15.4 Å². The molecule has 126 valence electrons. The Morgan fingerprint density at radius 2 is 2.21 bits per heavy atom. The molecule has 3 amide bonds. The van der Waals surface area contributed by atoms with Crippen LogP contribution in [-0.2, 0) is 9.53 Å². The number of aryl methyl sites for hydroxylation is 1. The van der Waals surface area contributed by atoms with Crippen LogP contribution >= 0.6 is 22.7 Å². The summed E-state index contributed by atoms with van der Waals surface area (Å²) in [7, 11) is 0. The number of nitrogens with one attached hydrogen (secondary N) is 2. The first-order chi connectivity index (χ1) is 11.5. The number of thiazole rings is 1. The Kier molecular flexibility index (Phi) is 6.21. The summed E-state index contributed by atoms with van der Waals surface area (Å²) >= 11 is 2.73. The molecule has 2 N–H and O–H groups in total. The van der Waals surface area contributed by atoms with Gasteiger partial charge in [0.25, 0.3) is 5.91 Å². The maximum absolute atomic E-state index is 12.1. The highest BCUT2D eigenvalue weighted by molar-refractivity contribution is 7.22. The maximum Gasteiger partial charge on any atom is 0.350 e. The third kappa shape index (κ3) is 4.74. The number of carbonyl (C=O) groups is 3. The summed E-state index contributed by atoms with van der Waals surface area (Å²) in [5.74, 6) is -1.36. The second-order valence-electron chi connectivity index (χ2n) is 4.53. The van der Waals surface area contributed by atoms with E-state index in [1.54, 1.807) is 6.92 Å². The number of aromatic nitrogens is 1. The van der Waals surface area contributed by atoms with Crippen molar-refractivity contribution in [3.05, 3.63) is 40.7 Å². The van der Waals surface area contributed by atoms with Crippen molar-refractivity contribution in [2.45, 2.75) is 6.92 Å². The molecule has 0 aliphatic rings. The van der Waals surface area contributed by atoms with Gasteiger partial charge in [0.1, 0.15) is 9.88 Å². The SMILES string of the molecule is C=CCNC(=O)NC(=O)COC(=O)c1sc(-c2cccs2)nc1C. The first-order valence-corrected chi connectivity index (χ1v) is 8.58. The summed E-state index contributed by atoms with van der Waals surface area (Å²) in [4.78, 5) is 40.5. The third-order valence-corrected chi connectivity index (χ3v) is 4.88. The molecule has 0 atom stereocenters. The molecule has 0 bridgehead atoms. The van der Waals surface area contributed by atoms with Crippen LogP contribution in [0.15, 0.2) is 30.2 Å². The quantitative estimate of drug-likeness (QED) is 0.605. The highest BCUT2D eigenvalue weighted by Gasteiger charge is 2.19. The fourth-order valence-electron chi connectivity index (χ4n) is 1.66. The molecule has 0 radical (unpaired) electrons. The zero-order chi connectivity index (χ0) is 17.5. The third-order valence-electron chi connectivity index (χ3n) is 2.71. The molecule has 0 fully saturated rings. The Labute approximate surface area is 146 Å². The number of hydrogen-bond donors (Lipinski definition) is 2. The monoisotopic (exact) mass is 365 g/mol. The lowest BCUT2D eigenvalue weighted by molar-refractivity contribution is -0.123. The number of amides is 3. The molecule has 2 heterocycles. The van der Waals surface area contributed by atoms with E-state index < -0.39 is 24.5 Å². The molecule has 0 spiro atoms. The number of imide groups is 1. The molecule has 0 saturated heterocycles. The van der Waals surface area contributed by atoms with Crippen LogP contribution in [0.4, 0.5) is 4.79 Å². The second kappa shape index (κ2) is 8.37. The molecule has 7 nitrogen and oxygen atoms in total. The summed E-state index contributed by atoms with van der Waals surface area (Å²) in [5, 5.41) is 7.06. The molecular formula is C15H15N3O4S2. The van der Waals surface area contributed by atoms with Gasteiger partial charge in [-0.05, 0) is 18.4 Å². The van der Waals surface area contributed by atoms with Gasteiger partial charge >= 0.3 is 12.0 Å². The van der Waals surface area contributed by atoms with E-state index in [-0.39, 0.29) is 6.54 Å². The predicted molar refractivity (Wildman–Crippen MR) is 92.2 cm³/mol. The van der Waals surface area contributed by atoms with Gasteiger partial charge in [0.15, 0.2) is 6.61 Å². The van der Waals surface area contributed by atoms with E-state index >= 15 is 0 Å². The number of urea groups is 1. The van der Waals surface area contributed by atoms with Crippen molar-refractivity contribution in [2.24, 2.45) is 0 Å². The average Bonchev–Trinajstić information content (AvgIpc) is 3.20. The average molecular weight is 365 g/mol. The van der Waals surface area contributed by atoms with Crippen LogP contribution in [0.5, 0.6) is 0 Å². The number of ether oxygens (including phenoxy) is 1. The number of carbonyl (C=O) groups excluding carboxylic acids is 3. The van der Waals surface area contributed by atoms with Gasteiger partial charge in [-0.15, -0.1) is 29.3 Å². The fourth-order valence-corrected chi connectivity index (χ4v) is 3.42. The van der Waals surface area contributed by atoms with E-state index in [4.69, 9.17) is 4.74 Å². The molecule has 2 aromatic rings. The second-order valence-corrected chi connectivity index (χ2v) is 6.48. The zero-order valence-corrected chi connectivity index (χ0v) is 14.5. The van der Waals surface area contributed by atoms with Gasteiger partial charge in [-0.25, -0.2) is 14.6 Å². The van der Waals surface area contributed by atoms with Gasteiger partial charge in [-0.1, -0.05) is 12.1 Å². The Hall–Kier alpha value is -2.52. The lowest BCUT2D eigenvalue weighted by Gasteiger charge is -2.05. The van der Waals surface area contributed by atoms with E-state index in [2.05, 4.69) is 16.9 Å². The van der Waals surface area contributed by atoms with Crippen molar-refractivity contribution in [1.29, 1.82) is 0 Å². The van der Waals surface area contributed by atoms with E-state index in [1.807, 2.05) is 22.8 Å². The van der Waals surface area contributed by atoms with Crippen molar-refractivity contribution in [2.75, 3.05) is 13.2 Å². The van der Waals surface area contributed by atoms with Gasteiger partial charge in [-0.3, -0.25) is 10.1 Å². The van der Waals surface area contributed by atoms with E-state index in [0.29, 0.717) is 10.6 Å². The number of nitrogens with zero attached hydrogens (tertiary/aromatic N) is 1. The molecule has 2 rings (SSSR count). The highest BCUT2D eigenvalue weighted by Crippen LogP contribution is 2.31. The van der Waals surface area contributed by atoms with Gasteiger partial charge in [0.05, 0.1) is 10.6 Å². The molecular weight excluding hydrogens is 350 g/mol. The van der Waals surface area contributed by atoms with E-state index in [1.165, 1.54) is 28.7 Å². The van der Waals surface area contributed by atoms with Crippen LogP contribution in [0, 0.1) is 6.92 Å². The number of rotatable bonds is 6. The number of thiophene rings is 1. The lowest BCUT2D eigenvalue weighted by Crippen LogP contribution is -2.41. The van der Waals surface area contributed by atoms with Crippen molar-refractivity contribution >= 4 is 40.6 Å². The Balaban J connectivity index is 1.90. The van der Waals surface area contributed by atoms with Crippen LogP contribution in [0.3, 0.4) is 0 Å². The summed E-state index contributed by atoms with van der Waals surface area (Å²) < 4.78 is 4.93. The molecule has 0 aliphatic carbocycles. The smallest absolute Gasteiger partial charge is 0.350 e. The predicted octanol–water partition coefficient (Wildman–Crippen LogP) is 2.35. The Morgan fingerprint density at radius 1 is 1.42 bits per heavy atom. The molecule has 0 unspecified atom stereocenters. The maximum atomic E-state index is 12.1. The highest BCUT2D eigenvalue weighted by atomic mass is 32.1. The molecule has 0 aliphatic heterocycles. The van der Waals surface area contributed by atoms with Crippen molar-refractivity contribution < 1.29 is 19.1 Å². The molecule has 2 aromatic heterocycles. The zero-order valence-electron chi connectivity index (χ0n) is 12.8. The minimum Gasteiger partial charge on any atom is -0.451 e. The van der Waals surface area contributed by atoms with Gasteiger partial charge in [-0.2, -0.15) is 0 Å². The number of esters is 1. The molecule has 9 heteroatoms. The van der Waals surface area contributed by atoms with Crippen LogP contribution in [-0.4, -0.2) is 36.0 Å². The largest absolute Gasteiger partial charge is 0.451 e. The Bertz CT molecular complexity index is 753. The molecule has 0 aromatic carbocycles. The van der Waals surface area contributed by atoms with Crippen LogP contribution in [0.2, 0.25) is 0 Å². The summed E-state index contributed by atoms with van der Waals surface area (Å²) in [6, 6.07) is 3.13. The fraction of sp³-hybridized carbons (Fsp3) is 0.200. The van der Waals surface area contributed by atoms with Crippen molar-refractivity contribution in [3.8, 4) is 9.88 Å². The number of hydrogen-bond acceptors (Lipinski definition) is 7. The lowest BCUT2D eigenvalue weighted by atomic mass is 10.4. The summed E-state index contributed by atoms with van der Waals surface area (Å²) in [6.07, 6.45) is 1.47. The van der Waals surface area contributed by atoms with E-state index in [0.717, 1.165) is 9.88 Å². The minimum absolute atomic E-state index is 0.227. The van der Waals surface area contributed by atoms with Gasteiger partial charge in [0, 0.05) is 6.54 Å². The standard InChI is InChI=1S/C15H15N3O4S2/c1-3-6-16-15(21)18-11(19)8-22-14(20)12-9(2)17-13(24-12)10-5-4-7-23-10/h3-5,7H,1,6,8H2,2H3,(H2,16,18,19,21). The van der Waals surface area contributed by atoms with E-state index in [9.17, 15) is 14.4 Å². The van der Waals surface area contributed by atoms with Crippen LogP contribution in [0.25, 0.3) is 9.88 Å². The van der Waals surface area contributed by atoms with Gasteiger partial charge in [0.2, 0.25) is 0 Å². The first kappa shape index (κ1) is 17.8. The molecule has 24 heavy (non-hydrogen) atoms. The minimum atomic E-state index is -0.717.